The van der Waals surface area contributed by atoms with Crippen molar-refractivity contribution in [3.8, 4) is 17.1 Å². The maximum absolute atomic E-state index is 14.1. The summed E-state index contributed by atoms with van der Waals surface area (Å²) in [4.78, 5) is 45.9. The lowest BCUT2D eigenvalue weighted by Crippen LogP contribution is -2.40. The second kappa shape index (κ2) is 13.3. The van der Waals surface area contributed by atoms with E-state index >= 15 is 0 Å². The van der Waals surface area contributed by atoms with Gasteiger partial charge in [0.05, 0.1) is 40.6 Å². The molecule has 6 rings (SSSR count). The SMILES string of the molecule is COc1cccc([C@@H]2C(C(=O)Nc3ccccc3)=C(C)N=c3s/c(=C/c4ccc(-c5cc(Cl)ccc5C(=O)OC(C)C)o4)c(=O)n32)c1. The average molecular weight is 668 g/mol. The molecule has 0 radical (unpaired) electrons. The molecule has 0 saturated carbocycles. The molecule has 238 valence electrons. The maximum atomic E-state index is 14.1. The fourth-order valence-electron chi connectivity index (χ4n) is 5.34. The number of halogens is 1. The van der Waals surface area contributed by atoms with E-state index in [4.69, 9.17) is 30.5 Å². The van der Waals surface area contributed by atoms with Crippen LogP contribution >= 0.6 is 22.9 Å². The topological polar surface area (TPSA) is 112 Å². The highest BCUT2D eigenvalue weighted by molar-refractivity contribution is 7.07. The molecule has 5 aromatic rings. The second-order valence-corrected chi connectivity index (χ2v) is 12.5. The number of fused-ring (bicyclic) bond motifs is 1. The van der Waals surface area contributed by atoms with Crippen LogP contribution in [0, 0.1) is 0 Å². The normalized spacial score (nSPS) is 14.5. The van der Waals surface area contributed by atoms with Gasteiger partial charge in [-0.25, -0.2) is 9.79 Å². The zero-order valence-corrected chi connectivity index (χ0v) is 27.5. The molecule has 1 aliphatic rings. The molecule has 11 heteroatoms. The Bertz CT molecular complexity index is 2210. The number of carbonyl (C=O) groups is 2. The fraction of sp³-hybridized carbons (Fsp3) is 0.167. The number of ether oxygens (including phenoxy) is 2. The number of aromatic nitrogens is 1. The Kier molecular flexibility index (Phi) is 8.97. The minimum Gasteiger partial charge on any atom is -0.497 e. The number of hydrogen-bond donors (Lipinski definition) is 1. The number of nitrogens with zero attached hydrogens (tertiary/aromatic N) is 2. The zero-order valence-electron chi connectivity index (χ0n) is 25.9. The molecule has 3 heterocycles. The molecule has 0 saturated heterocycles. The van der Waals surface area contributed by atoms with E-state index < -0.39 is 12.0 Å². The Morgan fingerprint density at radius 2 is 1.83 bits per heavy atom. The third-order valence-corrected chi connectivity index (χ3v) is 8.64. The number of para-hydroxylation sites is 1. The summed E-state index contributed by atoms with van der Waals surface area (Å²) in [5.74, 6) is 0.473. The van der Waals surface area contributed by atoms with E-state index in [0.29, 0.717) is 65.3 Å². The minimum absolute atomic E-state index is 0.304. The Labute approximate surface area is 279 Å². The number of anilines is 1. The number of methoxy groups -OCH3 is 1. The summed E-state index contributed by atoms with van der Waals surface area (Å²) in [5, 5.41) is 3.37. The number of rotatable bonds is 8. The van der Waals surface area contributed by atoms with Gasteiger partial charge in [-0.15, -0.1) is 0 Å². The number of esters is 1. The standard InChI is InChI=1S/C36H30ClN3O6S/c1-20(2)45-35(43)27-15-13-23(37)18-28(27)29-16-14-26(46-29)19-30-34(42)40-32(22-9-8-12-25(17-22)44-4)31(21(3)38-36(40)47-30)33(41)39-24-10-6-5-7-11-24/h5-20,32H,1-4H3,(H,39,41)/b30-19+/t32-/m1/s1. The van der Waals surface area contributed by atoms with Crippen molar-refractivity contribution in [1.82, 2.24) is 4.57 Å². The number of allylic oxidation sites excluding steroid dienone is 1. The molecule has 1 aliphatic heterocycles. The van der Waals surface area contributed by atoms with Gasteiger partial charge >= 0.3 is 5.97 Å². The quantitative estimate of drug-likeness (QED) is 0.193. The van der Waals surface area contributed by atoms with Gasteiger partial charge < -0.3 is 19.2 Å². The van der Waals surface area contributed by atoms with E-state index in [1.165, 1.54) is 15.9 Å². The molecule has 2 aromatic heterocycles. The van der Waals surface area contributed by atoms with Crippen molar-refractivity contribution in [2.24, 2.45) is 4.99 Å². The first-order valence-electron chi connectivity index (χ1n) is 14.8. The lowest BCUT2D eigenvalue weighted by Gasteiger charge is -2.25. The van der Waals surface area contributed by atoms with Crippen molar-refractivity contribution in [3.63, 3.8) is 0 Å². The molecule has 3 aromatic carbocycles. The predicted molar refractivity (Wildman–Crippen MR) is 182 cm³/mol. The van der Waals surface area contributed by atoms with E-state index in [9.17, 15) is 14.4 Å². The Morgan fingerprint density at radius 3 is 2.57 bits per heavy atom. The van der Waals surface area contributed by atoms with Gasteiger partial charge in [0.1, 0.15) is 17.3 Å². The van der Waals surface area contributed by atoms with Crippen LogP contribution < -0.4 is 24.9 Å². The Balaban J connectivity index is 1.44. The van der Waals surface area contributed by atoms with E-state index in [-0.39, 0.29) is 17.6 Å². The van der Waals surface area contributed by atoms with E-state index in [0.717, 1.165) is 0 Å². The molecule has 1 N–H and O–H groups in total. The van der Waals surface area contributed by atoms with Crippen molar-refractivity contribution in [2.75, 3.05) is 12.4 Å². The summed E-state index contributed by atoms with van der Waals surface area (Å²) in [5.41, 5.74) is 2.55. The summed E-state index contributed by atoms with van der Waals surface area (Å²) >= 11 is 7.46. The number of amides is 1. The molecule has 0 fully saturated rings. The van der Waals surface area contributed by atoms with Crippen LogP contribution in [0.5, 0.6) is 5.75 Å². The number of furan rings is 1. The van der Waals surface area contributed by atoms with Gasteiger partial charge in [-0.2, -0.15) is 0 Å². The first-order chi connectivity index (χ1) is 22.6. The molecule has 0 bridgehead atoms. The summed E-state index contributed by atoms with van der Waals surface area (Å²) in [6.45, 7) is 5.30. The molecule has 0 aliphatic carbocycles. The third-order valence-electron chi connectivity index (χ3n) is 7.42. The monoisotopic (exact) mass is 667 g/mol. The highest BCUT2D eigenvalue weighted by Gasteiger charge is 2.33. The Hall–Kier alpha value is -5.19. The van der Waals surface area contributed by atoms with Crippen LogP contribution in [0.25, 0.3) is 17.4 Å². The van der Waals surface area contributed by atoms with Gasteiger partial charge in [0.2, 0.25) is 0 Å². The van der Waals surface area contributed by atoms with Gasteiger partial charge in [0.15, 0.2) is 4.80 Å². The molecule has 9 nitrogen and oxygen atoms in total. The summed E-state index contributed by atoms with van der Waals surface area (Å²) < 4.78 is 18.9. The summed E-state index contributed by atoms with van der Waals surface area (Å²) in [6, 6.07) is 23.9. The molecular formula is C36H30ClN3O6S. The molecule has 1 amide bonds. The summed E-state index contributed by atoms with van der Waals surface area (Å²) in [6.07, 6.45) is 1.31. The van der Waals surface area contributed by atoms with Gasteiger partial charge in [-0.05, 0) is 80.9 Å². The molecule has 1 atom stereocenters. The smallest absolute Gasteiger partial charge is 0.339 e. The minimum atomic E-state index is -0.777. The lowest BCUT2D eigenvalue weighted by atomic mass is 9.95. The van der Waals surface area contributed by atoms with Gasteiger partial charge in [0, 0.05) is 22.3 Å². The van der Waals surface area contributed by atoms with Gasteiger partial charge in [0.25, 0.3) is 11.5 Å². The van der Waals surface area contributed by atoms with Crippen molar-refractivity contribution < 1.29 is 23.5 Å². The van der Waals surface area contributed by atoms with Gasteiger partial charge in [-0.3, -0.25) is 14.2 Å². The average Bonchev–Trinajstić information content (AvgIpc) is 3.64. The fourth-order valence-corrected chi connectivity index (χ4v) is 6.54. The predicted octanol–water partition coefficient (Wildman–Crippen LogP) is 6.36. The van der Waals surface area contributed by atoms with Crippen LogP contribution in [0.2, 0.25) is 5.02 Å². The van der Waals surface area contributed by atoms with Gasteiger partial charge in [-0.1, -0.05) is 53.3 Å². The number of carbonyl (C=O) groups excluding carboxylic acids is 2. The van der Waals surface area contributed by atoms with Crippen molar-refractivity contribution in [3.05, 3.63) is 138 Å². The van der Waals surface area contributed by atoms with Crippen molar-refractivity contribution >= 4 is 46.6 Å². The molecule has 0 unspecified atom stereocenters. The highest BCUT2D eigenvalue weighted by atomic mass is 35.5. The zero-order chi connectivity index (χ0) is 33.2. The van der Waals surface area contributed by atoms with E-state index in [2.05, 4.69) is 5.32 Å². The van der Waals surface area contributed by atoms with Crippen molar-refractivity contribution in [2.45, 2.75) is 32.9 Å². The first kappa shape index (κ1) is 31.8. The second-order valence-electron chi connectivity index (χ2n) is 11.0. The van der Waals surface area contributed by atoms with Crippen LogP contribution in [-0.2, 0) is 9.53 Å². The summed E-state index contributed by atoms with van der Waals surface area (Å²) in [7, 11) is 1.56. The third kappa shape index (κ3) is 6.56. The van der Waals surface area contributed by atoms with Crippen molar-refractivity contribution in [1.29, 1.82) is 0 Å². The first-order valence-corrected chi connectivity index (χ1v) is 16.0. The van der Waals surface area contributed by atoms with E-state index in [1.54, 1.807) is 82.5 Å². The number of hydrogen-bond acceptors (Lipinski definition) is 8. The van der Waals surface area contributed by atoms with Crippen LogP contribution in [0.1, 0.15) is 48.5 Å². The Morgan fingerprint density at radius 1 is 1.04 bits per heavy atom. The van der Waals surface area contributed by atoms with Crippen LogP contribution in [-0.4, -0.2) is 29.7 Å². The highest BCUT2D eigenvalue weighted by Crippen LogP contribution is 2.33. The molecular weight excluding hydrogens is 638 g/mol. The van der Waals surface area contributed by atoms with Crippen LogP contribution in [0.3, 0.4) is 0 Å². The van der Waals surface area contributed by atoms with E-state index in [1.807, 2.05) is 36.4 Å². The molecule has 47 heavy (non-hydrogen) atoms. The molecule has 0 spiro atoms. The number of nitrogens with one attached hydrogen (secondary N) is 1. The largest absolute Gasteiger partial charge is 0.497 e. The van der Waals surface area contributed by atoms with Crippen LogP contribution in [0.15, 0.2) is 110 Å². The number of thiazole rings is 1. The lowest BCUT2D eigenvalue weighted by molar-refractivity contribution is -0.113. The maximum Gasteiger partial charge on any atom is 0.339 e. The van der Waals surface area contributed by atoms with Crippen LogP contribution in [0.4, 0.5) is 5.69 Å². The number of benzene rings is 3.